The summed E-state index contributed by atoms with van der Waals surface area (Å²) in [5, 5.41) is 1.80. The molecule has 0 aromatic carbocycles. The Kier molecular flexibility index (Phi) is 3.08. The van der Waals surface area contributed by atoms with E-state index in [0.29, 0.717) is 6.04 Å². The molecular formula is C15H19ClN4. The zero-order valence-electron chi connectivity index (χ0n) is 11.5. The molecule has 1 atom stereocenters. The van der Waals surface area contributed by atoms with Crippen LogP contribution in [0, 0.1) is 0 Å². The molecule has 2 aromatic rings. The van der Waals surface area contributed by atoms with Gasteiger partial charge in [-0.05, 0) is 25.5 Å². The second-order valence-electron chi connectivity index (χ2n) is 5.83. The third-order valence-electron chi connectivity index (χ3n) is 4.63. The number of piperazine rings is 1. The molecule has 4 heterocycles. The van der Waals surface area contributed by atoms with E-state index >= 15 is 0 Å². The van der Waals surface area contributed by atoms with Gasteiger partial charge in [0.25, 0.3) is 0 Å². The quantitative estimate of drug-likeness (QED) is 0.877. The van der Waals surface area contributed by atoms with Crippen LogP contribution in [0.4, 0.5) is 5.82 Å². The van der Waals surface area contributed by atoms with Crippen LogP contribution in [-0.2, 0) is 0 Å². The van der Waals surface area contributed by atoms with Gasteiger partial charge in [-0.15, -0.1) is 0 Å². The molecule has 2 aliphatic rings. The van der Waals surface area contributed by atoms with E-state index in [9.17, 15) is 0 Å². The van der Waals surface area contributed by atoms with Gasteiger partial charge in [-0.1, -0.05) is 18.0 Å². The van der Waals surface area contributed by atoms with Gasteiger partial charge in [-0.2, -0.15) is 0 Å². The lowest BCUT2D eigenvalue weighted by molar-refractivity contribution is 0.133. The number of nitrogens with one attached hydrogen (secondary N) is 1. The van der Waals surface area contributed by atoms with Crippen LogP contribution in [0.5, 0.6) is 0 Å². The number of aromatic amines is 1. The number of piperidine rings is 1. The molecule has 0 bridgehead atoms. The number of H-pyrrole nitrogens is 1. The first-order valence-corrected chi connectivity index (χ1v) is 7.82. The van der Waals surface area contributed by atoms with Gasteiger partial charge in [0.15, 0.2) is 0 Å². The van der Waals surface area contributed by atoms with Crippen LogP contribution < -0.4 is 4.90 Å². The molecule has 4 nitrogen and oxygen atoms in total. The maximum absolute atomic E-state index is 6.36. The first-order valence-electron chi connectivity index (χ1n) is 7.44. The van der Waals surface area contributed by atoms with Gasteiger partial charge in [0.2, 0.25) is 0 Å². The van der Waals surface area contributed by atoms with E-state index in [1.54, 1.807) is 0 Å². The highest BCUT2D eigenvalue weighted by atomic mass is 35.5. The minimum absolute atomic E-state index is 0.692. The Bertz CT molecular complexity index is 623. The summed E-state index contributed by atoms with van der Waals surface area (Å²) in [4.78, 5) is 12.9. The van der Waals surface area contributed by atoms with Crippen LogP contribution in [0.25, 0.3) is 11.0 Å². The summed E-state index contributed by atoms with van der Waals surface area (Å²) in [7, 11) is 0. The highest BCUT2D eigenvalue weighted by molar-refractivity contribution is 6.35. The molecule has 0 amide bonds. The van der Waals surface area contributed by atoms with Crippen molar-refractivity contribution >= 4 is 28.5 Å². The highest BCUT2D eigenvalue weighted by Crippen LogP contribution is 2.29. The third-order valence-corrected chi connectivity index (χ3v) is 4.94. The molecule has 0 unspecified atom stereocenters. The molecule has 2 saturated heterocycles. The van der Waals surface area contributed by atoms with Crippen molar-refractivity contribution in [3.8, 4) is 0 Å². The largest absolute Gasteiger partial charge is 0.354 e. The summed E-state index contributed by atoms with van der Waals surface area (Å²) in [6.07, 6.45) is 5.93. The molecule has 0 radical (unpaired) electrons. The SMILES string of the molecule is Clc1cc(N2CCN3CCCC[C@H]3C2)nc2[nH]ccc12. The molecule has 0 spiro atoms. The van der Waals surface area contributed by atoms with Crippen LogP contribution >= 0.6 is 11.6 Å². The second-order valence-corrected chi connectivity index (χ2v) is 6.24. The predicted octanol–water partition coefficient (Wildman–Crippen LogP) is 2.89. The topological polar surface area (TPSA) is 35.2 Å². The second kappa shape index (κ2) is 4.93. The lowest BCUT2D eigenvalue weighted by atomic mass is 9.99. The van der Waals surface area contributed by atoms with E-state index in [1.807, 2.05) is 18.3 Å². The number of hydrogen-bond donors (Lipinski definition) is 1. The number of rotatable bonds is 1. The van der Waals surface area contributed by atoms with Crippen LogP contribution in [0.3, 0.4) is 0 Å². The van der Waals surface area contributed by atoms with E-state index in [1.165, 1.54) is 25.8 Å². The smallest absolute Gasteiger partial charge is 0.141 e. The van der Waals surface area contributed by atoms with Crippen molar-refractivity contribution in [2.75, 3.05) is 31.1 Å². The lowest BCUT2D eigenvalue weighted by Gasteiger charge is -2.44. The van der Waals surface area contributed by atoms with Gasteiger partial charge in [-0.3, -0.25) is 4.90 Å². The molecule has 20 heavy (non-hydrogen) atoms. The number of hydrogen-bond acceptors (Lipinski definition) is 3. The van der Waals surface area contributed by atoms with Crippen molar-refractivity contribution in [1.29, 1.82) is 0 Å². The minimum Gasteiger partial charge on any atom is -0.354 e. The van der Waals surface area contributed by atoms with Crippen molar-refractivity contribution < 1.29 is 0 Å². The Morgan fingerprint density at radius 3 is 3.15 bits per heavy atom. The van der Waals surface area contributed by atoms with E-state index in [4.69, 9.17) is 16.6 Å². The molecule has 2 fully saturated rings. The third kappa shape index (κ3) is 2.07. The molecule has 2 aliphatic heterocycles. The van der Waals surface area contributed by atoms with Crippen LogP contribution in [0.1, 0.15) is 19.3 Å². The summed E-state index contributed by atoms with van der Waals surface area (Å²) < 4.78 is 0. The number of pyridine rings is 1. The minimum atomic E-state index is 0.692. The van der Waals surface area contributed by atoms with Crippen LogP contribution in [0.15, 0.2) is 18.3 Å². The molecule has 4 rings (SSSR count). The zero-order valence-corrected chi connectivity index (χ0v) is 12.2. The fraction of sp³-hybridized carbons (Fsp3) is 0.533. The summed E-state index contributed by atoms with van der Waals surface area (Å²) in [6, 6.07) is 4.68. The number of fused-ring (bicyclic) bond motifs is 2. The molecule has 0 aliphatic carbocycles. The van der Waals surface area contributed by atoms with E-state index < -0.39 is 0 Å². The molecule has 2 aromatic heterocycles. The molecular weight excluding hydrogens is 272 g/mol. The summed E-state index contributed by atoms with van der Waals surface area (Å²) >= 11 is 6.36. The van der Waals surface area contributed by atoms with Gasteiger partial charge in [0, 0.05) is 43.3 Å². The first-order chi connectivity index (χ1) is 9.81. The maximum atomic E-state index is 6.36. The monoisotopic (exact) mass is 290 g/mol. The normalized spacial score (nSPS) is 24.1. The number of aromatic nitrogens is 2. The fourth-order valence-corrected chi connectivity index (χ4v) is 3.76. The summed E-state index contributed by atoms with van der Waals surface area (Å²) in [5.74, 6) is 1.01. The Morgan fingerprint density at radius 2 is 2.20 bits per heavy atom. The van der Waals surface area contributed by atoms with Crippen molar-refractivity contribution in [2.24, 2.45) is 0 Å². The number of nitrogens with zero attached hydrogens (tertiary/aromatic N) is 3. The molecule has 0 saturated carbocycles. The van der Waals surface area contributed by atoms with Crippen molar-refractivity contribution in [3.63, 3.8) is 0 Å². The zero-order chi connectivity index (χ0) is 13.5. The predicted molar refractivity (Wildman–Crippen MR) is 82.5 cm³/mol. The van der Waals surface area contributed by atoms with E-state index in [0.717, 1.165) is 41.5 Å². The first kappa shape index (κ1) is 12.5. The highest BCUT2D eigenvalue weighted by Gasteiger charge is 2.29. The lowest BCUT2D eigenvalue weighted by Crippen LogP contribution is -2.55. The summed E-state index contributed by atoms with van der Waals surface area (Å²) in [6.45, 7) is 4.54. The van der Waals surface area contributed by atoms with Crippen molar-refractivity contribution in [2.45, 2.75) is 25.3 Å². The van der Waals surface area contributed by atoms with Crippen molar-refractivity contribution in [1.82, 2.24) is 14.9 Å². The van der Waals surface area contributed by atoms with Gasteiger partial charge in [-0.25, -0.2) is 4.98 Å². The Morgan fingerprint density at radius 1 is 1.25 bits per heavy atom. The molecule has 5 heteroatoms. The van der Waals surface area contributed by atoms with Gasteiger partial charge in [0.1, 0.15) is 11.5 Å². The van der Waals surface area contributed by atoms with Gasteiger partial charge >= 0.3 is 0 Å². The number of anilines is 1. The molecule has 106 valence electrons. The van der Waals surface area contributed by atoms with Crippen LogP contribution in [0.2, 0.25) is 5.02 Å². The Balaban J connectivity index is 1.62. The fourth-order valence-electron chi connectivity index (χ4n) is 3.51. The van der Waals surface area contributed by atoms with E-state index in [-0.39, 0.29) is 0 Å². The van der Waals surface area contributed by atoms with Crippen LogP contribution in [-0.4, -0.2) is 47.1 Å². The Labute approximate surface area is 123 Å². The average Bonchev–Trinajstić information content (AvgIpc) is 2.96. The maximum Gasteiger partial charge on any atom is 0.141 e. The summed E-state index contributed by atoms with van der Waals surface area (Å²) in [5.41, 5.74) is 0.888. The van der Waals surface area contributed by atoms with Gasteiger partial charge in [0.05, 0.1) is 5.02 Å². The average molecular weight is 291 g/mol. The van der Waals surface area contributed by atoms with E-state index in [2.05, 4.69) is 14.8 Å². The van der Waals surface area contributed by atoms with Gasteiger partial charge < -0.3 is 9.88 Å². The number of halogens is 1. The standard InChI is InChI=1S/C15H19ClN4/c16-13-9-14(18-15-12(13)4-5-17-15)20-8-7-19-6-2-1-3-11(19)10-20/h4-5,9,11H,1-3,6-8,10H2,(H,17,18)/t11-/m0/s1. The molecule has 1 N–H and O–H groups in total. The Hall–Kier alpha value is -1.26. The van der Waals surface area contributed by atoms with Crippen molar-refractivity contribution in [3.05, 3.63) is 23.4 Å².